The third-order valence-corrected chi connectivity index (χ3v) is 3.01. The van der Waals surface area contributed by atoms with E-state index >= 15 is 0 Å². The standard InChI is InChI=1S/C12H19N3O/c1-7(2)12-14-8-3-4-10(16)11(8)9(15-12)5-6-13/h7,10,16H,3-6,13H2,1-2H3. The van der Waals surface area contributed by atoms with E-state index in [9.17, 15) is 5.11 Å². The van der Waals surface area contributed by atoms with Crippen molar-refractivity contribution in [1.82, 2.24) is 9.97 Å². The Morgan fingerprint density at radius 1 is 1.44 bits per heavy atom. The number of fused-ring (bicyclic) bond motifs is 1. The van der Waals surface area contributed by atoms with E-state index in [2.05, 4.69) is 23.8 Å². The van der Waals surface area contributed by atoms with Gasteiger partial charge in [-0.2, -0.15) is 0 Å². The lowest BCUT2D eigenvalue weighted by Crippen LogP contribution is -2.13. The predicted molar refractivity (Wildman–Crippen MR) is 62.2 cm³/mol. The van der Waals surface area contributed by atoms with Crippen LogP contribution in [0.4, 0.5) is 0 Å². The second-order valence-electron chi connectivity index (χ2n) is 4.64. The maximum absolute atomic E-state index is 9.90. The molecule has 0 spiro atoms. The highest BCUT2D eigenvalue weighted by atomic mass is 16.3. The summed E-state index contributed by atoms with van der Waals surface area (Å²) in [5.74, 6) is 1.19. The van der Waals surface area contributed by atoms with Crippen LogP contribution in [0.2, 0.25) is 0 Å². The first-order chi connectivity index (χ1) is 7.63. The average molecular weight is 221 g/mol. The lowest BCUT2D eigenvalue weighted by atomic mass is 10.1. The van der Waals surface area contributed by atoms with Crippen molar-refractivity contribution in [3.05, 3.63) is 22.8 Å². The van der Waals surface area contributed by atoms with Crippen molar-refractivity contribution in [2.24, 2.45) is 5.73 Å². The zero-order valence-electron chi connectivity index (χ0n) is 9.90. The Labute approximate surface area is 95.9 Å². The molecule has 4 nitrogen and oxygen atoms in total. The molecule has 16 heavy (non-hydrogen) atoms. The molecule has 0 fully saturated rings. The summed E-state index contributed by atoms with van der Waals surface area (Å²) >= 11 is 0. The van der Waals surface area contributed by atoms with Gasteiger partial charge in [0.1, 0.15) is 5.82 Å². The minimum Gasteiger partial charge on any atom is -0.388 e. The van der Waals surface area contributed by atoms with Crippen molar-refractivity contribution in [2.45, 2.75) is 45.1 Å². The van der Waals surface area contributed by atoms with Crippen LogP contribution >= 0.6 is 0 Å². The van der Waals surface area contributed by atoms with Crippen LogP contribution in [0.3, 0.4) is 0 Å². The molecule has 0 aliphatic heterocycles. The second-order valence-corrected chi connectivity index (χ2v) is 4.64. The van der Waals surface area contributed by atoms with Gasteiger partial charge in [-0.25, -0.2) is 9.97 Å². The highest BCUT2D eigenvalue weighted by Gasteiger charge is 2.26. The molecule has 0 radical (unpaired) electrons. The number of aromatic nitrogens is 2. The number of nitrogens with two attached hydrogens (primary N) is 1. The number of hydrogen-bond donors (Lipinski definition) is 2. The van der Waals surface area contributed by atoms with Gasteiger partial charge in [0.25, 0.3) is 0 Å². The van der Waals surface area contributed by atoms with Gasteiger partial charge >= 0.3 is 0 Å². The molecule has 0 aromatic carbocycles. The lowest BCUT2D eigenvalue weighted by molar-refractivity contribution is 0.178. The van der Waals surface area contributed by atoms with E-state index < -0.39 is 6.10 Å². The molecule has 1 heterocycles. The summed E-state index contributed by atoms with van der Waals surface area (Å²) in [4.78, 5) is 9.07. The SMILES string of the molecule is CC(C)c1nc(CCN)c2c(n1)CCC2O. The maximum Gasteiger partial charge on any atom is 0.131 e. The molecule has 0 saturated heterocycles. The smallest absolute Gasteiger partial charge is 0.131 e. The van der Waals surface area contributed by atoms with Crippen LogP contribution in [-0.4, -0.2) is 21.6 Å². The third kappa shape index (κ3) is 1.95. The van der Waals surface area contributed by atoms with E-state index in [1.807, 2.05) is 0 Å². The second kappa shape index (κ2) is 4.47. The molecule has 1 aliphatic rings. The molecule has 1 aromatic rings. The van der Waals surface area contributed by atoms with E-state index in [-0.39, 0.29) is 0 Å². The first-order valence-corrected chi connectivity index (χ1v) is 5.91. The summed E-state index contributed by atoms with van der Waals surface area (Å²) in [5, 5.41) is 9.90. The van der Waals surface area contributed by atoms with Crippen LogP contribution in [0.1, 0.15) is 55.1 Å². The Hall–Kier alpha value is -1.00. The van der Waals surface area contributed by atoms with Gasteiger partial charge in [-0.1, -0.05) is 13.8 Å². The number of rotatable bonds is 3. The van der Waals surface area contributed by atoms with Crippen LogP contribution in [0.25, 0.3) is 0 Å². The van der Waals surface area contributed by atoms with E-state index in [1.165, 1.54) is 0 Å². The molecular formula is C12H19N3O. The van der Waals surface area contributed by atoms with Crippen LogP contribution in [0.15, 0.2) is 0 Å². The topological polar surface area (TPSA) is 72.0 Å². The number of hydrogen-bond acceptors (Lipinski definition) is 4. The van der Waals surface area contributed by atoms with Gasteiger partial charge in [0, 0.05) is 17.9 Å². The van der Waals surface area contributed by atoms with Crippen LogP contribution in [-0.2, 0) is 12.8 Å². The van der Waals surface area contributed by atoms with Crippen molar-refractivity contribution in [3.63, 3.8) is 0 Å². The normalized spacial score (nSPS) is 19.2. The van der Waals surface area contributed by atoms with E-state index in [0.29, 0.717) is 12.5 Å². The minimum atomic E-state index is -0.391. The first kappa shape index (κ1) is 11.5. The highest BCUT2D eigenvalue weighted by molar-refractivity contribution is 5.33. The molecule has 0 bridgehead atoms. The Kier molecular flexibility index (Phi) is 3.21. The Bertz CT molecular complexity index is 390. The van der Waals surface area contributed by atoms with E-state index in [0.717, 1.165) is 42.0 Å². The molecule has 4 heteroatoms. The lowest BCUT2D eigenvalue weighted by Gasteiger charge is -2.13. The fourth-order valence-corrected chi connectivity index (χ4v) is 2.17. The van der Waals surface area contributed by atoms with Gasteiger partial charge in [-0.05, 0) is 19.4 Å². The van der Waals surface area contributed by atoms with Crippen molar-refractivity contribution in [2.75, 3.05) is 6.54 Å². The quantitative estimate of drug-likeness (QED) is 0.801. The maximum atomic E-state index is 9.90. The van der Waals surface area contributed by atoms with Gasteiger partial charge in [-0.3, -0.25) is 0 Å². The minimum absolute atomic E-state index is 0.319. The summed E-state index contributed by atoms with van der Waals surface area (Å²) < 4.78 is 0. The monoisotopic (exact) mass is 221 g/mol. The summed E-state index contributed by atoms with van der Waals surface area (Å²) in [6, 6.07) is 0. The molecule has 1 unspecified atom stereocenters. The van der Waals surface area contributed by atoms with Gasteiger partial charge in [0.05, 0.1) is 17.5 Å². The summed E-state index contributed by atoms with van der Waals surface area (Å²) in [7, 11) is 0. The average Bonchev–Trinajstić information content (AvgIpc) is 2.61. The first-order valence-electron chi connectivity index (χ1n) is 5.91. The number of aliphatic hydroxyl groups is 1. The molecule has 1 atom stereocenters. The highest BCUT2D eigenvalue weighted by Crippen LogP contribution is 2.32. The number of aliphatic hydroxyl groups excluding tert-OH is 1. The Morgan fingerprint density at radius 2 is 2.19 bits per heavy atom. The van der Waals surface area contributed by atoms with E-state index in [1.54, 1.807) is 0 Å². The number of nitrogens with zero attached hydrogens (tertiary/aromatic N) is 2. The molecule has 88 valence electrons. The van der Waals surface area contributed by atoms with Gasteiger partial charge in [0.2, 0.25) is 0 Å². The van der Waals surface area contributed by atoms with Gasteiger partial charge < -0.3 is 10.8 Å². The molecule has 2 rings (SSSR count). The van der Waals surface area contributed by atoms with Crippen molar-refractivity contribution in [3.8, 4) is 0 Å². The van der Waals surface area contributed by atoms with Crippen LogP contribution < -0.4 is 5.73 Å². The summed E-state index contributed by atoms with van der Waals surface area (Å²) in [5.41, 5.74) is 8.49. The third-order valence-electron chi connectivity index (χ3n) is 3.01. The van der Waals surface area contributed by atoms with Crippen LogP contribution in [0.5, 0.6) is 0 Å². The molecule has 1 aromatic heterocycles. The molecule has 0 saturated carbocycles. The fourth-order valence-electron chi connectivity index (χ4n) is 2.17. The van der Waals surface area contributed by atoms with Gasteiger partial charge in [0.15, 0.2) is 0 Å². The molecule has 0 amide bonds. The van der Waals surface area contributed by atoms with E-state index in [4.69, 9.17) is 5.73 Å². The predicted octanol–water partition coefficient (Wildman–Crippen LogP) is 1.08. The zero-order chi connectivity index (χ0) is 11.7. The zero-order valence-corrected chi connectivity index (χ0v) is 9.90. The number of aryl methyl sites for hydroxylation is 1. The van der Waals surface area contributed by atoms with Gasteiger partial charge in [-0.15, -0.1) is 0 Å². The largest absolute Gasteiger partial charge is 0.388 e. The summed E-state index contributed by atoms with van der Waals surface area (Å²) in [6.45, 7) is 4.73. The Morgan fingerprint density at radius 3 is 2.81 bits per heavy atom. The molecule has 3 N–H and O–H groups in total. The van der Waals surface area contributed by atoms with Crippen molar-refractivity contribution < 1.29 is 5.11 Å². The Balaban J connectivity index is 2.48. The molecular weight excluding hydrogens is 202 g/mol. The fraction of sp³-hybridized carbons (Fsp3) is 0.667. The van der Waals surface area contributed by atoms with Crippen LogP contribution in [0, 0.1) is 0 Å². The van der Waals surface area contributed by atoms with Crippen molar-refractivity contribution >= 4 is 0 Å². The summed E-state index contributed by atoms with van der Waals surface area (Å²) in [6.07, 6.45) is 1.96. The molecule has 1 aliphatic carbocycles. The van der Waals surface area contributed by atoms with Crippen molar-refractivity contribution in [1.29, 1.82) is 0 Å².